The first-order chi connectivity index (χ1) is 13.0. The number of rotatable bonds is 6. The number of morpholine rings is 1. The molecule has 0 atom stereocenters. The van der Waals surface area contributed by atoms with Crippen molar-refractivity contribution in [3.63, 3.8) is 0 Å². The van der Waals surface area contributed by atoms with Crippen LogP contribution in [-0.4, -0.2) is 55.1 Å². The highest BCUT2D eigenvalue weighted by molar-refractivity contribution is 6.16. The SMILES string of the molecule is CNc1ncnc(N2CCOCC2)c1C(=N)c1ccc(OC(C)C)c(F)c1. The van der Waals surface area contributed by atoms with Crippen LogP contribution in [0.1, 0.15) is 25.0 Å². The Kier molecular flexibility index (Phi) is 5.85. The quantitative estimate of drug-likeness (QED) is 0.758. The summed E-state index contributed by atoms with van der Waals surface area (Å²) in [4.78, 5) is 10.7. The van der Waals surface area contributed by atoms with Crippen molar-refractivity contribution < 1.29 is 13.9 Å². The van der Waals surface area contributed by atoms with Gasteiger partial charge in [0, 0.05) is 25.7 Å². The molecule has 7 nitrogen and oxygen atoms in total. The van der Waals surface area contributed by atoms with E-state index in [9.17, 15) is 4.39 Å². The van der Waals surface area contributed by atoms with Crippen molar-refractivity contribution in [3.05, 3.63) is 41.5 Å². The summed E-state index contributed by atoms with van der Waals surface area (Å²) in [6.45, 7) is 6.23. The van der Waals surface area contributed by atoms with E-state index in [-0.39, 0.29) is 17.6 Å². The maximum atomic E-state index is 14.4. The molecule has 2 aromatic rings. The molecule has 2 N–H and O–H groups in total. The molecule has 0 aliphatic carbocycles. The minimum atomic E-state index is -0.498. The van der Waals surface area contributed by atoms with Gasteiger partial charge in [0.2, 0.25) is 0 Å². The number of hydrogen-bond acceptors (Lipinski definition) is 7. The lowest BCUT2D eigenvalue weighted by Gasteiger charge is -2.30. The van der Waals surface area contributed by atoms with Crippen LogP contribution in [0.15, 0.2) is 24.5 Å². The number of halogens is 1. The largest absolute Gasteiger partial charge is 0.488 e. The zero-order valence-corrected chi connectivity index (χ0v) is 15.8. The molecule has 0 bridgehead atoms. The summed E-state index contributed by atoms with van der Waals surface area (Å²) < 4.78 is 25.3. The van der Waals surface area contributed by atoms with E-state index in [0.717, 1.165) is 0 Å². The van der Waals surface area contributed by atoms with E-state index < -0.39 is 5.82 Å². The minimum Gasteiger partial charge on any atom is -0.488 e. The van der Waals surface area contributed by atoms with Crippen LogP contribution >= 0.6 is 0 Å². The van der Waals surface area contributed by atoms with Gasteiger partial charge in [0.25, 0.3) is 0 Å². The molecule has 1 aliphatic heterocycles. The average molecular weight is 373 g/mol. The molecule has 0 saturated carbocycles. The standard InChI is InChI=1S/C19H24FN5O2/c1-12(2)27-15-5-4-13(10-14(15)20)17(21)16-18(22-3)23-11-24-19(16)25-6-8-26-9-7-25/h4-5,10-12,21H,6-9H2,1-3H3,(H,22,23,24). The third kappa shape index (κ3) is 4.16. The van der Waals surface area contributed by atoms with Crippen LogP contribution in [0.4, 0.5) is 16.0 Å². The van der Waals surface area contributed by atoms with Crippen molar-refractivity contribution in [2.45, 2.75) is 20.0 Å². The van der Waals surface area contributed by atoms with Crippen molar-refractivity contribution >= 4 is 17.3 Å². The Labute approximate surface area is 158 Å². The van der Waals surface area contributed by atoms with Gasteiger partial charge in [0.1, 0.15) is 18.0 Å². The van der Waals surface area contributed by atoms with E-state index in [1.165, 1.54) is 12.4 Å². The number of benzene rings is 1. The Morgan fingerprint density at radius 3 is 2.67 bits per heavy atom. The number of hydrogen-bond donors (Lipinski definition) is 2. The number of nitrogens with zero attached hydrogens (tertiary/aromatic N) is 3. The fraction of sp³-hybridized carbons (Fsp3) is 0.421. The van der Waals surface area contributed by atoms with Gasteiger partial charge in [-0.25, -0.2) is 14.4 Å². The van der Waals surface area contributed by atoms with Crippen LogP contribution in [-0.2, 0) is 4.74 Å². The molecule has 0 amide bonds. The number of anilines is 2. The third-order valence-corrected chi connectivity index (χ3v) is 4.21. The minimum absolute atomic E-state index is 0.129. The molecule has 0 radical (unpaired) electrons. The molecule has 3 rings (SSSR count). The first-order valence-corrected chi connectivity index (χ1v) is 8.92. The van der Waals surface area contributed by atoms with Gasteiger partial charge in [-0.1, -0.05) is 0 Å². The lowest BCUT2D eigenvalue weighted by Crippen LogP contribution is -2.38. The van der Waals surface area contributed by atoms with Gasteiger partial charge in [-0.2, -0.15) is 0 Å². The van der Waals surface area contributed by atoms with E-state index in [0.29, 0.717) is 49.1 Å². The van der Waals surface area contributed by atoms with Crippen LogP contribution in [0.25, 0.3) is 0 Å². The highest BCUT2D eigenvalue weighted by Crippen LogP contribution is 2.28. The lowest BCUT2D eigenvalue weighted by molar-refractivity contribution is 0.122. The molecule has 0 unspecified atom stereocenters. The Morgan fingerprint density at radius 1 is 1.30 bits per heavy atom. The molecule has 2 heterocycles. The van der Waals surface area contributed by atoms with Gasteiger partial charge < -0.3 is 19.7 Å². The number of ether oxygens (including phenoxy) is 2. The van der Waals surface area contributed by atoms with Crippen LogP contribution in [0, 0.1) is 11.2 Å². The summed E-state index contributed by atoms with van der Waals surface area (Å²) in [7, 11) is 1.74. The molecule has 1 aliphatic rings. The first kappa shape index (κ1) is 19.0. The van der Waals surface area contributed by atoms with Crippen molar-refractivity contribution in [1.29, 1.82) is 5.41 Å². The maximum Gasteiger partial charge on any atom is 0.165 e. The predicted molar refractivity (Wildman–Crippen MR) is 103 cm³/mol. The summed E-state index contributed by atoms with van der Waals surface area (Å²) in [5.74, 6) is 0.847. The van der Waals surface area contributed by atoms with Crippen LogP contribution < -0.4 is 15.0 Å². The van der Waals surface area contributed by atoms with E-state index in [1.54, 1.807) is 19.2 Å². The number of aromatic nitrogens is 2. The van der Waals surface area contributed by atoms with Gasteiger partial charge in [0.05, 0.1) is 30.6 Å². The van der Waals surface area contributed by atoms with Gasteiger partial charge in [0.15, 0.2) is 11.6 Å². The molecule has 27 heavy (non-hydrogen) atoms. The summed E-state index contributed by atoms with van der Waals surface area (Å²) in [5, 5.41) is 11.7. The lowest BCUT2D eigenvalue weighted by atomic mass is 10.0. The van der Waals surface area contributed by atoms with Gasteiger partial charge in [-0.15, -0.1) is 0 Å². The van der Waals surface area contributed by atoms with E-state index >= 15 is 0 Å². The molecular weight excluding hydrogens is 349 g/mol. The highest BCUT2D eigenvalue weighted by atomic mass is 19.1. The zero-order valence-electron chi connectivity index (χ0n) is 15.8. The normalized spacial score (nSPS) is 14.3. The average Bonchev–Trinajstić information content (AvgIpc) is 2.68. The summed E-state index contributed by atoms with van der Waals surface area (Å²) >= 11 is 0. The maximum absolute atomic E-state index is 14.4. The van der Waals surface area contributed by atoms with Crippen LogP contribution in [0.5, 0.6) is 5.75 Å². The van der Waals surface area contributed by atoms with Crippen molar-refractivity contribution in [3.8, 4) is 5.75 Å². The highest BCUT2D eigenvalue weighted by Gasteiger charge is 2.23. The molecule has 8 heteroatoms. The monoisotopic (exact) mass is 373 g/mol. The van der Waals surface area contributed by atoms with Crippen molar-refractivity contribution in [1.82, 2.24) is 9.97 Å². The summed E-state index contributed by atoms with van der Waals surface area (Å²) in [6.07, 6.45) is 1.34. The van der Waals surface area contributed by atoms with Gasteiger partial charge in [-0.05, 0) is 32.0 Å². The van der Waals surface area contributed by atoms with Gasteiger partial charge in [-0.3, -0.25) is 5.41 Å². The second kappa shape index (κ2) is 8.30. The Balaban J connectivity index is 1.99. The molecule has 0 spiro atoms. The first-order valence-electron chi connectivity index (χ1n) is 8.92. The summed E-state index contributed by atoms with van der Waals surface area (Å²) in [6, 6.07) is 4.55. The van der Waals surface area contributed by atoms with Gasteiger partial charge >= 0.3 is 0 Å². The zero-order chi connectivity index (χ0) is 19.4. The molecule has 1 aromatic carbocycles. The molecule has 1 saturated heterocycles. The van der Waals surface area contributed by atoms with Crippen molar-refractivity contribution in [2.75, 3.05) is 43.6 Å². The number of nitrogens with one attached hydrogen (secondary N) is 2. The van der Waals surface area contributed by atoms with E-state index in [1.807, 2.05) is 13.8 Å². The Morgan fingerprint density at radius 2 is 2.04 bits per heavy atom. The Hall–Kier alpha value is -2.74. The second-order valence-corrected chi connectivity index (χ2v) is 6.46. The van der Waals surface area contributed by atoms with Crippen LogP contribution in [0.2, 0.25) is 0 Å². The van der Waals surface area contributed by atoms with E-state index in [2.05, 4.69) is 20.2 Å². The predicted octanol–water partition coefficient (Wildman–Crippen LogP) is 2.70. The molecule has 1 fully saturated rings. The smallest absolute Gasteiger partial charge is 0.165 e. The topological polar surface area (TPSA) is 83.4 Å². The second-order valence-electron chi connectivity index (χ2n) is 6.46. The van der Waals surface area contributed by atoms with E-state index in [4.69, 9.17) is 14.9 Å². The fourth-order valence-electron chi connectivity index (χ4n) is 2.96. The molecule has 1 aromatic heterocycles. The third-order valence-electron chi connectivity index (χ3n) is 4.21. The summed E-state index contributed by atoms with van der Waals surface area (Å²) in [5.41, 5.74) is 1.12. The van der Waals surface area contributed by atoms with Crippen molar-refractivity contribution in [2.24, 2.45) is 0 Å². The molecule has 144 valence electrons. The Bertz CT molecular complexity index is 822. The van der Waals surface area contributed by atoms with Crippen LogP contribution in [0.3, 0.4) is 0 Å². The molecular formula is C19H24FN5O2. The fourth-order valence-corrected chi connectivity index (χ4v) is 2.96.